The summed E-state index contributed by atoms with van der Waals surface area (Å²) in [6.45, 7) is 0.442. The highest BCUT2D eigenvalue weighted by atomic mass is 16.5. The van der Waals surface area contributed by atoms with Gasteiger partial charge in [-0.25, -0.2) is 0 Å². The molecule has 4 rings (SSSR count). The van der Waals surface area contributed by atoms with E-state index in [9.17, 15) is 4.79 Å². The van der Waals surface area contributed by atoms with Gasteiger partial charge < -0.3 is 15.0 Å². The van der Waals surface area contributed by atoms with Crippen LogP contribution in [0.4, 0.5) is 0 Å². The van der Waals surface area contributed by atoms with Crippen LogP contribution in [0.3, 0.4) is 0 Å². The van der Waals surface area contributed by atoms with Crippen molar-refractivity contribution in [2.75, 3.05) is 7.11 Å². The molecule has 0 spiro atoms. The molecule has 0 bridgehead atoms. The van der Waals surface area contributed by atoms with E-state index in [1.807, 2.05) is 24.3 Å². The number of aromatic amines is 2. The normalized spacial score (nSPS) is 13.3. The standard InChI is InChI=1S/C17H18N4O2/c1-23-12-5-6-14-10(8-12)7-11(19-14)9-18-17(22)16-13-3-2-4-15(13)20-21-16/h5-8,19H,2-4,9H2,1H3,(H,18,22)(H,20,21). The van der Waals surface area contributed by atoms with Crippen LogP contribution in [0.2, 0.25) is 0 Å². The SMILES string of the molecule is COc1ccc2[nH]c(CNC(=O)c3n[nH]c4c3CCC4)cc2c1. The van der Waals surface area contributed by atoms with Crippen LogP contribution >= 0.6 is 0 Å². The minimum Gasteiger partial charge on any atom is -0.497 e. The van der Waals surface area contributed by atoms with E-state index in [0.717, 1.165) is 52.9 Å². The van der Waals surface area contributed by atoms with Crippen molar-refractivity contribution in [2.45, 2.75) is 25.8 Å². The van der Waals surface area contributed by atoms with Crippen molar-refractivity contribution in [1.29, 1.82) is 0 Å². The molecule has 1 amide bonds. The van der Waals surface area contributed by atoms with Crippen molar-refractivity contribution >= 4 is 16.8 Å². The van der Waals surface area contributed by atoms with E-state index in [1.165, 1.54) is 0 Å². The molecule has 3 N–H and O–H groups in total. The number of aryl methyl sites for hydroxylation is 1. The topological polar surface area (TPSA) is 82.8 Å². The Hall–Kier alpha value is -2.76. The number of nitrogens with zero attached hydrogens (tertiary/aromatic N) is 1. The van der Waals surface area contributed by atoms with Crippen molar-refractivity contribution in [3.8, 4) is 5.75 Å². The molecule has 6 nitrogen and oxygen atoms in total. The largest absolute Gasteiger partial charge is 0.497 e. The molecule has 118 valence electrons. The lowest BCUT2D eigenvalue weighted by molar-refractivity contribution is 0.0944. The molecular formula is C17H18N4O2. The molecule has 1 aliphatic carbocycles. The van der Waals surface area contributed by atoms with Crippen molar-refractivity contribution in [3.05, 3.63) is 46.9 Å². The monoisotopic (exact) mass is 310 g/mol. The Bertz CT molecular complexity index is 878. The number of hydrogen-bond donors (Lipinski definition) is 3. The molecule has 0 radical (unpaired) electrons. The molecule has 0 saturated carbocycles. The number of hydrogen-bond acceptors (Lipinski definition) is 3. The predicted octanol–water partition coefficient (Wildman–Crippen LogP) is 2.32. The molecule has 23 heavy (non-hydrogen) atoms. The van der Waals surface area contributed by atoms with Crippen molar-refractivity contribution in [2.24, 2.45) is 0 Å². The molecule has 1 aliphatic rings. The lowest BCUT2D eigenvalue weighted by Gasteiger charge is -2.02. The number of rotatable bonds is 4. The highest BCUT2D eigenvalue weighted by Gasteiger charge is 2.22. The van der Waals surface area contributed by atoms with Gasteiger partial charge in [0.1, 0.15) is 5.75 Å². The van der Waals surface area contributed by atoms with Gasteiger partial charge in [-0.3, -0.25) is 9.89 Å². The smallest absolute Gasteiger partial charge is 0.272 e. The summed E-state index contributed by atoms with van der Waals surface area (Å²) in [6, 6.07) is 7.87. The number of aromatic nitrogens is 3. The van der Waals surface area contributed by atoms with E-state index >= 15 is 0 Å². The molecule has 0 unspecified atom stereocenters. The summed E-state index contributed by atoms with van der Waals surface area (Å²) in [4.78, 5) is 15.6. The lowest BCUT2D eigenvalue weighted by Crippen LogP contribution is -2.24. The summed E-state index contributed by atoms with van der Waals surface area (Å²) in [5.74, 6) is 0.694. The summed E-state index contributed by atoms with van der Waals surface area (Å²) in [5.41, 5.74) is 4.69. The maximum Gasteiger partial charge on any atom is 0.272 e. The van der Waals surface area contributed by atoms with Gasteiger partial charge in [-0.15, -0.1) is 0 Å². The van der Waals surface area contributed by atoms with E-state index < -0.39 is 0 Å². The minimum atomic E-state index is -0.124. The second-order valence-electron chi connectivity index (χ2n) is 5.81. The third-order valence-electron chi connectivity index (χ3n) is 4.34. The highest BCUT2D eigenvalue weighted by molar-refractivity contribution is 5.94. The molecule has 0 aliphatic heterocycles. The fraction of sp³-hybridized carbons (Fsp3) is 0.294. The number of carbonyl (C=O) groups excluding carboxylic acids is 1. The van der Waals surface area contributed by atoms with Gasteiger partial charge in [-0.1, -0.05) is 0 Å². The number of benzene rings is 1. The lowest BCUT2D eigenvalue weighted by atomic mass is 10.2. The molecule has 0 saturated heterocycles. The van der Waals surface area contributed by atoms with Gasteiger partial charge in [-0.05, 0) is 43.5 Å². The Labute approximate surface area is 133 Å². The van der Waals surface area contributed by atoms with Crippen LogP contribution in [0.15, 0.2) is 24.3 Å². The molecule has 1 aromatic carbocycles. The number of H-pyrrole nitrogens is 2. The molecule has 2 aromatic heterocycles. The number of fused-ring (bicyclic) bond motifs is 2. The van der Waals surface area contributed by atoms with Crippen molar-refractivity contribution in [1.82, 2.24) is 20.5 Å². The van der Waals surface area contributed by atoms with Gasteiger partial charge in [0.2, 0.25) is 0 Å². The molecule has 3 aromatic rings. The number of methoxy groups -OCH3 is 1. The minimum absolute atomic E-state index is 0.124. The average molecular weight is 310 g/mol. The van der Waals surface area contributed by atoms with Crippen molar-refractivity contribution in [3.63, 3.8) is 0 Å². The van der Waals surface area contributed by atoms with E-state index in [1.54, 1.807) is 7.11 Å². The van der Waals surface area contributed by atoms with Crippen LogP contribution in [0.25, 0.3) is 10.9 Å². The van der Waals surface area contributed by atoms with Crippen LogP contribution in [-0.4, -0.2) is 28.2 Å². The zero-order chi connectivity index (χ0) is 15.8. The van der Waals surface area contributed by atoms with Gasteiger partial charge in [-0.2, -0.15) is 5.10 Å². The third-order valence-corrected chi connectivity index (χ3v) is 4.34. The second-order valence-corrected chi connectivity index (χ2v) is 5.81. The number of ether oxygens (including phenoxy) is 1. The average Bonchev–Trinajstić information content (AvgIpc) is 3.25. The van der Waals surface area contributed by atoms with Gasteiger partial charge in [0.25, 0.3) is 5.91 Å². The van der Waals surface area contributed by atoms with E-state index in [2.05, 4.69) is 20.5 Å². The van der Waals surface area contributed by atoms with Gasteiger partial charge in [0.05, 0.1) is 13.7 Å². The van der Waals surface area contributed by atoms with Gasteiger partial charge >= 0.3 is 0 Å². The fourth-order valence-electron chi connectivity index (χ4n) is 3.16. The molecule has 0 atom stereocenters. The fourth-order valence-corrected chi connectivity index (χ4v) is 3.16. The second kappa shape index (κ2) is 5.46. The maximum atomic E-state index is 12.3. The van der Waals surface area contributed by atoms with Crippen LogP contribution in [0, 0.1) is 0 Å². The molecule has 0 fully saturated rings. The Morgan fingerprint density at radius 1 is 1.35 bits per heavy atom. The van der Waals surface area contributed by atoms with E-state index in [0.29, 0.717) is 12.2 Å². The number of nitrogens with one attached hydrogen (secondary N) is 3. The first-order chi connectivity index (χ1) is 11.2. The summed E-state index contributed by atoms with van der Waals surface area (Å²) in [6.07, 6.45) is 3.01. The number of amides is 1. The van der Waals surface area contributed by atoms with Gasteiger partial charge in [0, 0.05) is 27.9 Å². The van der Waals surface area contributed by atoms with E-state index in [4.69, 9.17) is 4.74 Å². The van der Waals surface area contributed by atoms with Crippen molar-refractivity contribution < 1.29 is 9.53 Å². The Morgan fingerprint density at radius 3 is 3.13 bits per heavy atom. The quantitative estimate of drug-likeness (QED) is 0.691. The summed E-state index contributed by atoms with van der Waals surface area (Å²) >= 11 is 0. The van der Waals surface area contributed by atoms with Crippen LogP contribution in [-0.2, 0) is 19.4 Å². The Balaban J connectivity index is 1.49. The zero-order valence-corrected chi connectivity index (χ0v) is 12.9. The predicted molar refractivity (Wildman–Crippen MR) is 86.6 cm³/mol. The van der Waals surface area contributed by atoms with Crippen LogP contribution < -0.4 is 10.1 Å². The molecule has 6 heteroatoms. The Morgan fingerprint density at radius 2 is 2.26 bits per heavy atom. The van der Waals surface area contributed by atoms with Crippen LogP contribution in [0.1, 0.15) is 33.9 Å². The molecular weight excluding hydrogens is 292 g/mol. The Kier molecular flexibility index (Phi) is 3.29. The molecule has 2 heterocycles. The van der Waals surface area contributed by atoms with Gasteiger partial charge in [0.15, 0.2) is 5.69 Å². The number of carbonyl (C=O) groups is 1. The van der Waals surface area contributed by atoms with E-state index in [-0.39, 0.29) is 5.91 Å². The summed E-state index contributed by atoms with van der Waals surface area (Å²) in [5, 5.41) is 11.1. The summed E-state index contributed by atoms with van der Waals surface area (Å²) in [7, 11) is 1.65. The summed E-state index contributed by atoms with van der Waals surface area (Å²) < 4.78 is 5.23. The highest BCUT2D eigenvalue weighted by Crippen LogP contribution is 2.23. The zero-order valence-electron chi connectivity index (χ0n) is 12.9. The maximum absolute atomic E-state index is 12.3. The first-order valence-corrected chi connectivity index (χ1v) is 7.74. The first kappa shape index (κ1) is 13.9. The first-order valence-electron chi connectivity index (χ1n) is 7.74. The third kappa shape index (κ3) is 2.46. The van der Waals surface area contributed by atoms with Crippen LogP contribution in [0.5, 0.6) is 5.75 Å².